The number of hydrogen-bond acceptors (Lipinski definition) is 5. The predicted octanol–water partition coefficient (Wildman–Crippen LogP) is 2.52. The van der Waals surface area contributed by atoms with E-state index in [4.69, 9.17) is 6.42 Å². The minimum absolute atomic E-state index is 0.0977. The van der Waals surface area contributed by atoms with Crippen LogP contribution in [0.1, 0.15) is 44.2 Å². The van der Waals surface area contributed by atoms with Crippen molar-refractivity contribution in [3.05, 3.63) is 30.1 Å². The molecule has 25 heavy (non-hydrogen) atoms. The molecule has 0 saturated carbocycles. The first kappa shape index (κ1) is 17.6. The number of piperidine rings is 1. The first-order chi connectivity index (χ1) is 12.2. The van der Waals surface area contributed by atoms with Gasteiger partial charge in [0, 0.05) is 57.6 Å². The van der Waals surface area contributed by atoms with Crippen molar-refractivity contribution >= 4 is 5.91 Å². The molecule has 0 radical (unpaired) electrons. The van der Waals surface area contributed by atoms with Gasteiger partial charge in [-0.2, -0.15) is 10.2 Å². The van der Waals surface area contributed by atoms with Gasteiger partial charge in [0.05, 0.1) is 5.69 Å². The van der Waals surface area contributed by atoms with Crippen LogP contribution in [0.2, 0.25) is 0 Å². The van der Waals surface area contributed by atoms with Gasteiger partial charge in [-0.25, -0.2) is 0 Å². The van der Waals surface area contributed by atoms with Gasteiger partial charge in [0.1, 0.15) is 0 Å². The van der Waals surface area contributed by atoms with Crippen LogP contribution in [-0.2, 0) is 11.3 Å². The molecule has 0 aromatic carbocycles. The maximum Gasteiger partial charge on any atom is 0.220 e. The molecule has 1 saturated heterocycles. The highest BCUT2D eigenvalue weighted by Crippen LogP contribution is 2.37. The summed E-state index contributed by atoms with van der Waals surface area (Å²) in [4.78, 5) is 18.9. The lowest BCUT2D eigenvalue weighted by Crippen LogP contribution is -2.44. The van der Waals surface area contributed by atoms with Gasteiger partial charge < -0.3 is 5.32 Å². The number of nitrogens with one attached hydrogen (secondary N) is 1. The molecular formula is C19H25N5O. The molecule has 1 aromatic heterocycles. The number of terminal acetylenes is 1. The topological polar surface area (TPSA) is 70.0 Å². The van der Waals surface area contributed by atoms with Gasteiger partial charge in [0.25, 0.3) is 0 Å². The second kappa shape index (κ2) is 8.21. The Balaban J connectivity index is 1.33. The molecule has 1 aromatic rings. The Morgan fingerprint density at radius 1 is 1.32 bits per heavy atom. The highest BCUT2D eigenvalue weighted by molar-refractivity contribution is 5.76. The van der Waals surface area contributed by atoms with Crippen LogP contribution in [-0.4, -0.2) is 40.6 Å². The third-order valence-electron chi connectivity index (χ3n) is 4.87. The van der Waals surface area contributed by atoms with E-state index in [-0.39, 0.29) is 17.6 Å². The van der Waals surface area contributed by atoms with E-state index in [1.165, 1.54) is 0 Å². The van der Waals surface area contributed by atoms with Gasteiger partial charge in [0.15, 0.2) is 5.66 Å². The Kier molecular flexibility index (Phi) is 5.77. The molecular weight excluding hydrogens is 314 g/mol. The van der Waals surface area contributed by atoms with Crippen LogP contribution in [0, 0.1) is 12.3 Å². The molecule has 3 heterocycles. The number of likely N-dealkylation sites (tertiary alicyclic amines) is 1. The lowest BCUT2D eigenvalue weighted by molar-refractivity contribution is -0.122. The van der Waals surface area contributed by atoms with Crippen LogP contribution in [0.3, 0.4) is 0 Å². The number of nitrogens with zero attached hydrogens (tertiary/aromatic N) is 4. The zero-order valence-corrected chi connectivity index (χ0v) is 14.5. The molecule has 0 bridgehead atoms. The number of amides is 1. The molecule has 6 heteroatoms. The van der Waals surface area contributed by atoms with Crippen molar-refractivity contribution in [3.63, 3.8) is 0 Å². The second-order valence-electron chi connectivity index (χ2n) is 6.83. The zero-order valence-electron chi connectivity index (χ0n) is 14.5. The Hall–Kier alpha value is -2.26. The molecule has 0 aliphatic carbocycles. The molecule has 3 rings (SSSR count). The summed E-state index contributed by atoms with van der Waals surface area (Å²) in [6.45, 7) is 2.85. The van der Waals surface area contributed by atoms with Crippen molar-refractivity contribution in [1.82, 2.24) is 15.2 Å². The van der Waals surface area contributed by atoms with Crippen molar-refractivity contribution in [2.45, 2.75) is 56.8 Å². The molecule has 0 atom stereocenters. The number of aromatic nitrogens is 1. The summed E-state index contributed by atoms with van der Waals surface area (Å²) in [5.41, 5.74) is 0.731. The Morgan fingerprint density at radius 2 is 2.12 bits per heavy atom. The smallest absolute Gasteiger partial charge is 0.220 e. The molecule has 2 aliphatic heterocycles. The number of rotatable bonds is 8. The fourth-order valence-corrected chi connectivity index (χ4v) is 3.24. The van der Waals surface area contributed by atoms with Crippen LogP contribution in [0.15, 0.2) is 34.6 Å². The molecule has 2 aliphatic rings. The van der Waals surface area contributed by atoms with E-state index in [1.807, 2.05) is 18.3 Å². The van der Waals surface area contributed by atoms with Crippen LogP contribution >= 0.6 is 0 Å². The third kappa shape index (κ3) is 5.36. The van der Waals surface area contributed by atoms with E-state index in [0.717, 1.165) is 44.6 Å². The molecule has 1 fully saturated rings. The van der Waals surface area contributed by atoms with Crippen molar-refractivity contribution in [2.75, 3.05) is 13.1 Å². The SMILES string of the molecule is C#CCCC1(CCC(=O)NC2CCN(Cc3ccccn3)CC2)N=N1. The van der Waals surface area contributed by atoms with E-state index >= 15 is 0 Å². The number of pyridine rings is 1. The minimum atomic E-state index is -0.365. The third-order valence-corrected chi connectivity index (χ3v) is 4.87. The second-order valence-corrected chi connectivity index (χ2v) is 6.83. The quantitative estimate of drug-likeness (QED) is 0.740. The van der Waals surface area contributed by atoms with Crippen LogP contribution in [0.25, 0.3) is 0 Å². The van der Waals surface area contributed by atoms with Crippen LogP contribution in [0.4, 0.5) is 0 Å². The number of carbonyl (C=O) groups is 1. The summed E-state index contributed by atoms with van der Waals surface area (Å²) in [5.74, 6) is 2.71. The Labute approximate surface area is 149 Å². The zero-order chi connectivity index (χ0) is 17.5. The highest BCUT2D eigenvalue weighted by Gasteiger charge is 2.39. The van der Waals surface area contributed by atoms with E-state index in [0.29, 0.717) is 19.3 Å². The molecule has 1 amide bonds. The number of carbonyl (C=O) groups excluding carboxylic acids is 1. The van der Waals surface area contributed by atoms with Gasteiger partial charge in [0.2, 0.25) is 5.91 Å². The summed E-state index contributed by atoms with van der Waals surface area (Å²) in [6, 6.07) is 6.27. The fourth-order valence-electron chi connectivity index (χ4n) is 3.24. The highest BCUT2D eigenvalue weighted by atomic mass is 16.1. The summed E-state index contributed by atoms with van der Waals surface area (Å²) in [5, 5.41) is 11.3. The first-order valence-corrected chi connectivity index (χ1v) is 8.98. The minimum Gasteiger partial charge on any atom is -0.353 e. The monoisotopic (exact) mass is 339 g/mol. The largest absolute Gasteiger partial charge is 0.353 e. The summed E-state index contributed by atoms with van der Waals surface area (Å²) < 4.78 is 0. The van der Waals surface area contributed by atoms with Crippen molar-refractivity contribution < 1.29 is 4.79 Å². The average molecular weight is 339 g/mol. The lowest BCUT2D eigenvalue weighted by Gasteiger charge is -2.32. The Morgan fingerprint density at radius 3 is 2.76 bits per heavy atom. The maximum atomic E-state index is 12.2. The fraction of sp³-hybridized carbons (Fsp3) is 0.579. The van der Waals surface area contributed by atoms with E-state index in [1.54, 1.807) is 0 Å². The summed E-state index contributed by atoms with van der Waals surface area (Å²) in [6.07, 6.45) is 11.6. The standard InChI is InChI=1S/C19H25N5O/c1-2-3-10-19(22-23-19)11-7-18(25)21-16-8-13-24(14-9-16)15-17-6-4-5-12-20-17/h1,4-6,12,16H,3,7-11,13-15H2,(H,21,25). The van der Waals surface area contributed by atoms with Crippen molar-refractivity contribution in [1.29, 1.82) is 0 Å². The molecule has 6 nitrogen and oxygen atoms in total. The van der Waals surface area contributed by atoms with Crippen LogP contribution < -0.4 is 5.32 Å². The average Bonchev–Trinajstić information content (AvgIpc) is 3.41. The Bertz CT molecular complexity index is 638. The number of hydrogen-bond donors (Lipinski definition) is 1. The van der Waals surface area contributed by atoms with Crippen molar-refractivity contribution in [2.24, 2.45) is 10.2 Å². The van der Waals surface area contributed by atoms with Crippen molar-refractivity contribution in [3.8, 4) is 12.3 Å². The lowest BCUT2D eigenvalue weighted by atomic mass is 10.0. The molecule has 0 unspecified atom stereocenters. The van der Waals surface area contributed by atoms with E-state index < -0.39 is 0 Å². The van der Waals surface area contributed by atoms with Gasteiger partial charge >= 0.3 is 0 Å². The van der Waals surface area contributed by atoms with E-state index in [9.17, 15) is 4.79 Å². The van der Waals surface area contributed by atoms with E-state index in [2.05, 4.69) is 37.4 Å². The van der Waals surface area contributed by atoms with Gasteiger partial charge in [-0.3, -0.25) is 14.7 Å². The first-order valence-electron chi connectivity index (χ1n) is 8.98. The maximum absolute atomic E-state index is 12.2. The van der Waals surface area contributed by atoms with Crippen LogP contribution in [0.5, 0.6) is 0 Å². The summed E-state index contributed by atoms with van der Waals surface area (Å²) >= 11 is 0. The van der Waals surface area contributed by atoms with Gasteiger partial charge in [-0.15, -0.1) is 12.3 Å². The summed E-state index contributed by atoms with van der Waals surface area (Å²) in [7, 11) is 0. The normalized spacial score (nSPS) is 19.3. The molecule has 1 N–H and O–H groups in total. The molecule has 132 valence electrons. The molecule has 0 spiro atoms. The van der Waals surface area contributed by atoms with Gasteiger partial charge in [-0.05, 0) is 25.0 Å². The predicted molar refractivity (Wildman–Crippen MR) is 95.6 cm³/mol. The van der Waals surface area contributed by atoms with Gasteiger partial charge in [-0.1, -0.05) is 6.07 Å².